The number of thiocarbonyl (C=S) groups is 1. The average molecular weight is 420 g/mol. The summed E-state index contributed by atoms with van der Waals surface area (Å²) in [6.45, 7) is 4.30. The van der Waals surface area contributed by atoms with Crippen LogP contribution in [-0.4, -0.2) is 68.4 Å². The number of likely N-dealkylation sites (N-methyl/N-ethyl adjacent to an activating group) is 1. The third-order valence-electron chi connectivity index (χ3n) is 7.13. The van der Waals surface area contributed by atoms with Gasteiger partial charge in [-0.1, -0.05) is 19.4 Å². The Kier molecular flexibility index (Phi) is 7.28. The standard InChI is InChI=1S/C23H37N3O2S/c1-6-7-13-24-22(29)26(3)18-10-11-23(12-14-25(2)21(23)16-18)17-8-9-19(27-4)20(15-17)28-5/h8-9,15,18,21H,6-7,10-14,16H2,1-5H3,(H,24,29)/t18-,21+,23+/m1/s1. The van der Waals surface area contributed by atoms with Crippen LogP contribution in [0.25, 0.3) is 0 Å². The van der Waals surface area contributed by atoms with Crippen molar-refractivity contribution in [2.45, 2.75) is 62.9 Å². The molecule has 0 bridgehead atoms. The Bertz CT molecular complexity index is 713. The zero-order valence-electron chi connectivity index (χ0n) is 18.7. The Morgan fingerprint density at radius 1 is 1.28 bits per heavy atom. The molecule has 162 valence electrons. The molecule has 1 aliphatic heterocycles. The highest BCUT2D eigenvalue weighted by atomic mass is 32.1. The Balaban J connectivity index is 1.78. The Hall–Kier alpha value is -1.53. The maximum atomic E-state index is 5.67. The molecule has 0 amide bonds. The number of benzene rings is 1. The first-order valence-electron chi connectivity index (χ1n) is 10.9. The number of rotatable bonds is 7. The van der Waals surface area contributed by atoms with Gasteiger partial charge in [-0.2, -0.15) is 0 Å². The summed E-state index contributed by atoms with van der Waals surface area (Å²) in [5.41, 5.74) is 1.57. The first-order valence-corrected chi connectivity index (χ1v) is 11.3. The number of hydrogen-bond acceptors (Lipinski definition) is 4. The van der Waals surface area contributed by atoms with E-state index in [1.807, 2.05) is 0 Å². The van der Waals surface area contributed by atoms with Crippen LogP contribution in [0.1, 0.15) is 51.0 Å². The summed E-state index contributed by atoms with van der Waals surface area (Å²) >= 11 is 5.67. The molecular weight excluding hydrogens is 382 g/mol. The lowest BCUT2D eigenvalue weighted by atomic mass is 9.65. The Morgan fingerprint density at radius 2 is 2.03 bits per heavy atom. The third-order valence-corrected chi connectivity index (χ3v) is 7.56. The van der Waals surface area contributed by atoms with E-state index in [0.29, 0.717) is 12.1 Å². The van der Waals surface area contributed by atoms with E-state index >= 15 is 0 Å². The van der Waals surface area contributed by atoms with Crippen molar-refractivity contribution in [3.8, 4) is 11.5 Å². The molecule has 0 radical (unpaired) electrons. The summed E-state index contributed by atoms with van der Waals surface area (Å²) in [7, 11) is 7.84. The number of methoxy groups -OCH3 is 2. The number of ether oxygens (including phenoxy) is 2. The molecule has 6 heteroatoms. The predicted octanol–water partition coefficient (Wildman–Crippen LogP) is 3.80. The average Bonchev–Trinajstić information content (AvgIpc) is 3.09. The minimum absolute atomic E-state index is 0.183. The summed E-state index contributed by atoms with van der Waals surface area (Å²) in [5, 5.41) is 4.33. The predicted molar refractivity (Wildman–Crippen MR) is 123 cm³/mol. The molecule has 0 aromatic heterocycles. The molecule has 2 fully saturated rings. The second-order valence-electron chi connectivity index (χ2n) is 8.60. The SMILES string of the molecule is CCCCNC(=S)N(C)[C@@H]1CC[C@@]2(c3ccc(OC)c(OC)c3)CCN(C)[C@H]2C1. The number of nitrogens with one attached hydrogen (secondary N) is 1. The second-order valence-corrected chi connectivity index (χ2v) is 8.98. The third kappa shape index (κ3) is 4.33. The van der Waals surface area contributed by atoms with Crippen molar-refractivity contribution in [1.82, 2.24) is 15.1 Å². The van der Waals surface area contributed by atoms with Crippen LogP contribution in [0.15, 0.2) is 18.2 Å². The van der Waals surface area contributed by atoms with Gasteiger partial charge in [0.1, 0.15) is 0 Å². The van der Waals surface area contributed by atoms with Crippen LogP contribution in [0.3, 0.4) is 0 Å². The van der Waals surface area contributed by atoms with Crippen molar-refractivity contribution in [2.75, 3.05) is 41.4 Å². The molecule has 1 saturated heterocycles. The minimum atomic E-state index is 0.183. The van der Waals surface area contributed by atoms with Crippen molar-refractivity contribution in [3.63, 3.8) is 0 Å². The molecule has 3 atom stereocenters. The van der Waals surface area contributed by atoms with E-state index in [0.717, 1.165) is 49.0 Å². The molecule has 1 aromatic carbocycles. The zero-order valence-corrected chi connectivity index (χ0v) is 19.5. The van der Waals surface area contributed by atoms with Gasteiger partial charge in [0.05, 0.1) is 14.2 Å². The Morgan fingerprint density at radius 3 is 2.72 bits per heavy atom. The van der Waals surface area contributed by atoms with Gasteiger partial charge in [0.2, 0.25) is 0 Å². The van der Waals surface area contributed by atoms with Crippen molar-refractivity contribution in [2.24, 2.45) is 0 Å². The van der Waals surface area contributed by atoms with Crippen molar-refractivity contribution in [1.29, 1.82) is 0 Å². The van der Waals surface area contributed by atoms with Crippen LogP contribution in [0, 0.1) is 0 Å². The van der Waals surface area contributed by atoms with Gasteiger partial charge in [-0.3, -0.25) is 0 Å². The first kappa shape index (κ1) is 22.2. The number of hydrogen-bond donors (Lipinski definition) is 1. The van der Waals surface area contributed by atoms with Crippen LogP contribution < -0.4 is 14.8 Å². The fourth-order valence-electron chi connectivity index (χ4n) is 5.26. The van der Waals surface area contributed by atoms with Gasteiger partial charge in [-0.15, -0.1) is 0 Å². The van der Waals surface area contributed by atoms with Crippen LogP contribution in [-0.2, 0) is 5.41 Å². The molecule has 0 spiro atoms. The summed E-state index contributed by atoms with van der Waals surface area (Å²) < 4.78 is 11.1. The van der Waals surface area contributed by atoms with Crippen molar-refractivity contribution in [3.05, 3.63) is 23.8 Å². The van der Waals surface area contributed by atoms with E-state index in [4.69, 9.17) is 21.7 Å². The maximum absolute atomic E-state index is 5.67. The molecule has 1 aliphatic carbocycles. The highest BCUT2D eigenvalue weighted by Crippen LogP contribution is 2.50. The fourth-order valence-corrected chi connectivity index (χ4v) is 5.51. The molecule has 1 aromatic rings. The van der Waals surface area contributed by atoms with E-state index in [1.165, 1.54) is 24.8 Å². The van der Waals surface area contributed by atoms with Gasteiger partial charge in [-0.25, -0.2) is 0 Å². The van der Waals surface area contributed by atoms with Crippen LogP contribution in [0.4, 0.5) is 0 Å². The van der Waals surface area contributed by atoms with E-state index in [2.05, 4.69) is 54.3 Å². The molecule has 0 unspecified atom stereocenters. The molecule has 1 heterocycles. The van der Waals surface area contributed by atoms with E-state index in [9.17, 15) is 0 Å². The monoisotopic (exact) mass is 419 g/mol. The molecule has 1 N–H and O–H groups in total. The van der Waals surface area contributed by atoms with Crippen LogP contribution >= 0.6 is 12.2 Å². The summed E-state index contributed by atoms with van der Waals surface area (Å²) in [4.78, 5) is 4.85. The first-order chi connectivity index (χ1) is 14.0. The van der Waals surface area contributed by atoms with E-state index in [-0.39, 0.29) is 5.41 Å². The minimum Gasteiger partial charge on any atom is -0.493 e. The van der Waals surface area contributed by atoms with Gasteiger partial charge >= 0.3 is 0 Å². The normalized spacial score (nSPS) is 26.7. The molecule has 3 rings (SSSR count). The topological polar surface area (TPSA) is 37.0 Å². The molecule has 1 saturated carbocycles. The number of likely N-dealkylation sites (tertiary alicyclic amines) is 1. The van der Waals surface area contributed by atoms with Gasteiger partial charge < -0.3 is 24.6 Å². The van der Waals surface area contributed by atoms with Crippen LogP contribution in [0.2, 0.25) is 0 Å². The van der Waals surface area contributed by atoms with Gasteiger partial charge in [-0.05, 0) is 75.6 Å². The largest absolute Gasteiger partial charge is 0.493 e. The van der Waals surface area contributed by atoms with Crippen molar-refractivity contribution >= 4 is 17.3 Å². The molecule has 5 nitrogen and oxygen atoms in total. The number of fused-ring (bicyclic) bond motifs is 1. The van der Waals surface area contributed by atoms with Crippen molar-refractivity contribution < 1.29 is 9.47 Å². The van der Waals surface area contributed by atoms with Gasteiger partial charge in [0, 0.05) is 31.1 Å². The molecule has 29 heavy (non-hydrogen) atoms. The zero-order chi connectivity index (χ0) is 21.0. The van der Waals surface area contributed by atoms with E-state index in [1.54, 1.807) is 14.2 Å². The number of nitrogens with zero attached hydrogens (tertiary/aromatic N) is 2. The maximum Gasteiger partial charge on any atom is 0.168 e. The fraction of sp³-hybridized carbons (Fsp3) is 0.696. The quantitative estimate of drug-likeness (QED) is 0.535. The lowest BCUT2D eigenvalue weighted by molar-refractivity contribution is 0.126. The van der Waals surface area contributed by atoms with Gasteiger partial charge in [0.25, 0.3) is 0 Å². The lowest BCUT2D eigenvalue weighted by Gasteiger charge is -2.47. The second kappa shape index (κ2) is 9.52. The summed E-state index contributed by atoms with van der Waals surface area (Å²) in [5.74, 6) is 1.63. The molecule has 2 aliphatic rings. The van der Waals surface area contributed by atoms with E-state index < -0.39 is 0 Å². The highest BCUT2D eigenvalue weighted by molar-refractivity contribution is 7.80. The Labute approximate surface area is 181 Å². The van der Waals surface area contributed by atoms with Crippen LogP contribution in [0.5, 0.6) is 11.5 Å². The summed E-state index contributed by atoms with van der Waals surface area (Å²) in [6, 6.07) is 7.50. The molecular formula is C23H37N3O2S. The number of unbranched alkanes of at least 4 members (excludes halogenated alkanes) is 1. The lowest BCUT2D eigenvalue weighted by Crippen LogP contribution is -2.53. The highest BCUT2D eigenvalue weighted by Gasteiger charge is 2.51. The summed E-state index contributed by atoms with van der Waals surface area (Å²) in [6.07, 6.45) is 7.00. The van der Waals surface area contributed by atoms with Gasteiger partial charge in [0.15, 0.2) is 16.6 Å². The smallest absolute Gasteiger partial charge is 0.168 e.